The maximum atomic E-state index is 12.5. The van der Waals surface area contributed by atoms with Gasteiger partial charge in [-0.3, -0.25) is 0 Å². The number of sulfonamides is 1. The quantitative estimate of drug-likeness (QED) is 0.752. The predicted molar refractivity (Wildman–Crippen MR) is 96.1 cm³/mol. The highest BCUT2D eigenvalue weighted by molar-refractivity contribution is 7.89. The van der Waals surface area contributed by atoms with Gasteiger partial charge in [-0.15, -0.1) is 0 Å². The first-order valence-corrected chi connectivity index (χ1v) is 9.91. The summed E-state index contributed by atoms with van der Waals surface area (Å²) in [7, 11) is -3.72. The highest BCUT2D eigenvalue weighted by atomic mass is 32.2. The van der Waals surface area contributed by atoms with Crippen molar-refractivity contribution in [3.63, 3.8) is 0 Å². The van der Waals surface area contributed by atoms with E-state index in [1.54, 1.807) is 6.07 Å². The average Bonchev–Trinajstić information content (AvgIpc) is 3.19. The van der Waals surface area contributed by atoms with E-state index in [1.807, 2.05) is 30.3 Å². The molecule has 1 aliphatic heterocycles. The minimum absolute atomic E-state index is 0.0343. The number of carbonyl (C=O) groups is 1. The van der Waals surface area contributed by atoms with Gasteiger partial charge in [0.2, 0.25) is 10.0 Å². The molecule has 1 saturated heterocycles. The van der Waals surface area contributed by atoms with E-state index in [2.05, 4.69) is 4.72 Å². The SMILES string of the molecule is O=C(OC[C@H]1CCOC1)c1cccc(S(=O)(=O)NCc2ccccc2)c1. The smallest absolute Gasteiger partial charge is 0.338 e. The van der Waals surface area contributed by atoms with E-state index in [0.717, 1.165) is 12.0 Å². The number of nitrogens with one attached hydrogen (secondary N) is 1. The minimum Gasteiger partial charge on any atom is -0.462 e. The summed E-state index contributed by atoms with van der Waals surface area (Å²) in [6.07, 6.45) is 0.866. The summed E-state index contributed by atoms with van der Waals surface area (Å²) in [5.41, 5.74) is 1.07. The molecular formula is C19H21NO5S. The molecule has 1 fully saturated rings. The molecule has 2 aromatic rings. The van der Waals surface area contributed by atoms with Crippen LogP contribution in [0, 0.1) is 5.92 Å². The first-order chi connectivity index (χ1) is 12.5. The second-order valence-corrected chi connectivity index (χ2v) is 7.93. The molecule has 0 radical (unpaired) electrons. The summed E-state index contributed by atoms with van der Waals surface area (Å²) in [6.45, 7) is 1.73. The number of ether oxygens (including phenoxy) is 2. The maximum absolute atomic E-state index is 12.5. The van der Waals surface area contributed by atoms with E-state index >= 15 is 0 Å². The van der Waals surface area contributed by atoms with E-state index < -0.39 is 16.0 Å². The van der Waals surface area contributed by atoms with Crippen molar-refractivity contribution in [2.24, 2.45) is 5.92 Å². The third-order valence-electron chi connectivity index (χ3n) is 4.16. The molecule has 0 spiro atoms. The highest BCUT2D eigenvalue weighted by Crippen LogP contribution is 2.16. The number of rotatable bonds is 7. The van der Waals surface area contributed by atoms with Crippen LogP contribution in [0.4, 0.5) is 0 Å². The molecule has 6 nitrogen and oxygen atoms in total. The molecule has 7 heteroatoms. The molecule has 3 rings (SSSR count). The molecule has 0 bridgehead atoms. The van der Waals surface area contributed by atoms with E-state index in [9.17, 15) is 13.2 Å². The number of benzene rings is 2. The second kappa shape index (κ2) is 8.44. The van der Waals surface area contributed by atoms with Crippen molar-refractivity contribution >= 4 is 16.0 Å². The Morgan fingerprint density at radius 3 is 2.69 bits per heavy atom. The first kappa shape index (κ1) is 18.6. The molecule has 1 N–H and O–H groups in total. The molecule has 0 saturated carbocycles. The first-order valence-electron chi connectivity index (χ1n) is 8.43. The molecule has 138 valence electrons. The van der Waals surface area contributed by atoms with Crippen LogP contribution in [0.15, 0.2) is 59.5 Å². The Labute approximate surface area is 153 Å². The monoisotopic (exact) mass is 375 g/mol. The highest BCUT2D eigenvalue weighted by Gasteiger charge is 2.20. The van der Waals surface area contributed by atoms with Gasteiger partial charge < -0.3 is 9.47 Å². The molecule has 2 aromatic carbocycles. The summed E-state index contributed by atoms with van der Waals surface area (Å²) in [6, 6.07) is 15.1. The lowest BCUT2D eigenvalue weighted by Gasteiger charge is -2.10. The van der Waals surface area contributed by atoms with E-state index in [4.69, 9.17) is 9.47 Å². The Morgan fingerprint density at radius 1 is 1.15 bits per heavy atom. The van der Waals surface area contributed by atoms with Crippen molar-refractivity contribution < 1.29 is 22.7 Å². The van der Waals surface area contributed by atoms with Crippen LogP contribution in [0.5, 0.6) is 0 Å². The molecular weight excluding hydrogens is 354 g/mol. The van der Waals surface area contributed by atoms with Crippen LogP contribution in [0.1, 0.15) is 22.3 Å². The Morgan fingerprint density at radius 2 is 1.96 bits per heavy atom. The molecule has 1 atom stereocenters. The second-order valence-electron chi connectivity index (χ2n) is 6.17. The Kier molecular flexibility index (Phi) is 6.03. The molecule has 0 amide bonds. The van der Waals surface area contributed by atoms with Gasteiger partial charge in [0.1, 0.15) is 0 Å². The van der Waals surface area contributed by atoms with Gasteiger partial charge in [0.15, 0.2) is 0 Å². The maximum Gasteiger partial charge on any atom is 0.338 e. The van der Waals surface area contributed by atoms with Crippen molar-refractivity contribution in [1.29, 1.82) is 0 Å². The van der Waals surface area contributed by atoms with Crippen molar-refractivity contribution in [1.82, 2.24) is 4.72 Å². The van der Waals surface area contributed by atoms with E-state index in [1.165, 1.54) is 18.2 Å². The zero-order valence-electron chi connectivity index (χ0n) is 14.3. The summed E-state index contributed by atoms with van der Waals surface area (Å²) >= 11 is 0. The van der Waals surface area contributed by atoms with Crippen LogP contribution in [0.2, 0.25) is 0 Å². The van der Waals surface area contributed by atoms with Crippen LogP contribution < -0.4 is 4.72 Å². The molecule has 0 aliphatic carbocycles. The summed E-state index contributed by atoms with van der Waals surface area (Å²) < 4.78 is 38.0. The van der Waals surface area contributed by atoms with Crippen LogP contribution in [0.25, 0.3) is 0 Å². The van der Waals surface area contributed by atoms with Crippen molar-refractivity contribution in [3.05, 3.63) is 65.7 Å². The van der Waals surface area contributed by atoms with Crippen LogP contribution >= 0.6 is 0 Å². The van der Waals surface area contributed by atoms with Crippen molar-refractivity contribution in [2.75, 3.05) is 19.8 Å². The molecule has 26 heavy (non-hydrogen) atoms. The standard InChI is InChI=1S/C19H21NO5S/c21-19(25-14-16-9-10-24-13-16)17-7-4-8-18(11-17)26(22,23)20-12-15-5-2-1-3-6-15/h1-8,11,16,20H,9-10,12-14H2/t16-/m0/s1. The van der Waals surface area contributed by atoms with Crippen molar-refractivity contribution in [3.8, 4) is 0 Å². The summed E-state index contributed by atoms with van der Waals surface area (Å²) in [4.78, 5) is 12.2. The van der Waals surface area contributed by atoms with E-state index in [-0.39, 0.29) is 29.5 Å². The topological polar surface area (TPSA) is 81.7 Å². The number of carbonyl (C=O) groups excluding carboxylic acids is 1. The number of esters is 1. The lowest BCUT2D eigenvalue weighted by molar-refractivity contribution is 0.0428. The zero-order valence-corrected chi connectivity index (χ0v) is 15.1. The Hall–Kier alpha value is -2.22. The third kappa shape index (κ3) is 4.91. The van der Waals surface area contributed by atoms with Gasteiger partial charge >= 0.3 is 5.97 Å². The Balaban J connectivity index is 1.64. The Bertz CT molecular complexity index is 845. The summed E-state index contributed by atoms with van der Waals surface area (Å²) in [5.74, 6) is -0.324. The van der Waals surface area contributed by atoms with Gasteiger partial charge in [0.05, 0.1) is 23.7 Å². The minimum atomic E-state index is -3.72. The largest absolute Gasteiger partial charge is 0.462 e. The fourth-order valence-electron chi connectivity index (χ4n) is 2.64. The predicted octanol–water partition coefficient (Wildman–Crippen LogP) is 2.36. The third-order valence-corrected chi connectivity index (χ3v) is 5.56. The number of hydrogen-bond donors (Lipinski definition) is 1. The molecule has 0 unspecified atom stereocenters. The van der Waals surface area contributed by atoms with Gasteiger partial charge in [0.25, 0.3) is 0 Å². The normalized spacial score (nSPS) is 17.2. The van der Waals surface area contributed by atoms with Gasteiger partial charge in [-0.2, -0.15) is 0 Å². The fourth-order valence-corrected chi connectivity index (χ4v) is 3.70. The average molecular weight is 375 g/mol. The summed E-state index contributed by atoms with van der Waals surface area (Å²) in [5, 5.41) is 0. The van der Waals surface area contributed by atoms with Gasteiger partial charge in [0, 0.05) is 19.1 Å². The van der Waals surface area contributed by atoms with Crippen LogP contribution in [-0.2, 0) is 26.0 Å². The zero-order chi connectivity index (χ0) is 18.4. The molecule has 0 aromatic heterocycles. The van der Waals surface area contributed by atoms with Crippen LogP contribution in [0.3, 0.4) is 0 Å². The van der Waals surface area contributed by atoms with Gasteiger partial charge in [-0.05, 0) is 30.2 Å². The molecule has 1 heterocycles. The number of hydrogen-bond acceptors (Lipinski definition) is 5. The molecule has 1 aliphatic rings. The van der Waals surface area contributed by atoms with Gasteiger partial charge in [-0.1, -0.05) is 36.4 Å². The van der Waals surface area contributed by atoms with Crippen molar-refractivity contribution in [2.45, 2.75) is 17.9 Å². The fraction of sp³-hybridized carbons (Fsp3) is 0.316. The lowest BCUT2D eigenvalue weighted by atomic mass is 10.1. The lowest BCUT2D eigenvalue weighted by Crippen LogP contribution is -2.23. The van der Waals surface area contributed by atoms with Crippen LogP contribution in [-0.4, -0.2) is 34.2 Å². The van der Waals surface area contributed by atoms with Gasteiger partial charge in [-0.25, -0.2) is 17.9 Å². The van der Waals surface area contributed by atoms with E-state index in [0.29, 0.717) is 13.2 Å².